The molecule has 7 heteroatoms. The van der Waals surface area contributed by atoms with E-state index < -0.39 is 0 Å². The lowest BCUT2D eigenvalue weighted by atomic mass is 10.3. The molecule has 1 aromatic heterocycles. The lowest BCUT2D eigenvalue weighted by Gasteiger charge is -1.99. The van der Waals surface area contributed by atoms with Gasteiger partial charge in [0, 0.05) is 5.02 Å². The van der Waals surface area contributed by atoms with E-state index in [9.17, 15) is 4.79 Å². The van der Waals surface area contributed by atoms with Crippen molar-refractivity contribution in [2.45, 2.75) is 0 Å². The minimum absolute atomic E-state index is 0.206. The highest BCUT2D eigenvalue weighted by Gasteiger charge is 2.23. The maximum absolute atomic E-state index is 11.9. The van der Waals surface area contributed by atoms with Gasteiger partial charge in [0.1, 0.15) is 5.76 Å². The fraction of sp³-hybridized carbons (Fsp3) is 0. The van der Waals surface area contributed by atoms with Gasteiger partial charge < -0.3 is 9.73 Å². The molecular formula is C16H10Cl2N2O2S. The molecule has 1 N–H and O–H groups in total. The van der Waals surface area contributed by atoms with E-state index in [4.69, 9.17) is 27.6 Å². The van der Waals surface area contributed by atoms with Crippen molar-refractivity contribution in [2.24, 2.45) is 4.99 Å². The standard InChI is InChI=1S/C16H10Cl2N2O2S/c17-10-6-7-13(12(18)9-10)19-16-20-15(21)14(23-16)5-1-3-11-4-2-8-22-11/h1-9H,(H,19,20,21)/b3-1+,14-5-. The summed E-state index contributed by atoms with van der Waals surface area (Å²) in [4.78, 5) is 16.8. The van der Waals surface area contributed by atoms with Crippen LogP contribution in [0.2, 0.25) is 10.0 Å². The number of hydrogen-bond donors (Lipinski definition) is 1. The monoisotopic (exact) mass is 364 g/mol. The quantitative estimate of drug-likeness (QED) is 0.776. The largest absolute Gasteiger partial charge is 0.465 e. The fourth-order valence-corrected chi connectivity index (χ4v) is 3.03. The van der Waals surface area contributed by atoms with Crippen LogP contribution in [0.1, 0.15) is 5.76 Å². The Morgan fingerprint density at radius 2 is 2.13 bits per heavy atom. The van der Waals surface area contributed by atoms with Crippen molar-refractivity contribution >= 4 is 57.8 Å². The number of nitrogens with zero attached hydrogens (tertiary/aromatic N) is 1. The van der Waals surface area contributed by atoms with Gasteiger partial charge in [0.15, 0.2) is 5.17 Å². The summed E-state index contributed by atoms with van der Waals surface area (Å²) in [5.74, 6) is 0.509. The minimum atomic E-state index is -0.206. The Morgan fingerprint density at radius 3 is 2.87 bits per heavy atom. The number of rotatable bonds is 3. The molecule has 1 aromatic carbocycles. The van der Waals surface area contributed by atoms with E-state index in [0.717, 1.165) is 0 Å². The molecule has 0 unspecified atom stereocenters. The van der Waals surface area contributed by atoms with Crippen LogP contribution in [-0.4, -0.2) is 11.1 Å². The van der Waals surface area contributed by atoms with E-state index in [1.807, 2.05) is 6.07 Å². The zero-order chi connectivity index (χ0) is 16.2. The smallest absolute Gasteiger partial charge is 0.264 e. The molecule has 2 aromatic rings. The van der Waals surface area contributed by atoms with E-state index in [1.54, 1.807) is 48.8 Å². The number of benzene rings is 1. The number of carbonyl (C=O) groups is 1. The van der Waals surface area contributed by atoms with E-state index >= 15 is 0 Å². The molecule has 0 radical (unpaired) electrons. The molecule has 0 atom stereocenters. The molecule has 0 spiro atoms. The lowest BCUT2D eigenvalue weighted by Crippen LogP contribution is -2.19. The summed E-state index contributed by atoms with van der Waals surface area (Å²) in [6.45, 7) is 0. The second-order valence-electron chi connectivity index (χ2n) is 4.47. The second kappa shape index (κ2) is 7.08. The predicted molar refractivity (Wildman–Crippen MR) is 95.1 cm³/mol. The molecule has 116 valence electrons. The molecule has 1 saturated heterocycles. The summed E-state index contributed by atoms with van der Waals surface area (Å²) in [5, 5.41) is 4.12. The predicted octanol–water partition coefficient (Wildman–Crippen LogP) is 5.03. The van der Waals surface area contributed by atoms with Gasteiger partial charge in [-0.1, -0.05) is 29.3 Å². The molecule has 4 nitrogen and oxygen atoms in total. The number of aliphatic imine (C=N–C) groups is 1. The number of thioether (sulfide) groups is 1. The van der Waals surface area contributed by atoms with Crippen LogP contribution in [0.25, 0.3) is 6.08 Å². The molecule has 0 bridgehead atoms. The second-order valence-corrected chi connectivity index (χ2v) is 6.35. The molecule has 0 aliphatic carbocycles. The van der Waals surface area contributed by atoms with Crippen LogP contribution in [0.4, 0.5) is 5.69 Å². The third kappa shape index (κ3) is 4.07. The van der Waals surface area contributed by atoms with Crippen LogP contribution in [-0.2, 0) is 4.79 Å². The maximum atomic E-state index is 11.9. The number of carbonyl (C=O) groups excluding carboxylic acids is 1. The van der Waals surface area contributed by atoms with Gasteiger partial charge >= 0.3 is 0 Å². The number of amides is 1. The summed E-state index contributed by atoms with van der Waals surface area (Å²) in [7, 11) is 0. The van der Waals surface area contributed by atoms with Crippen LogP contribution >= 0.6 is 35.0 Å². The van der Waals surface area contributed by atoms with Crippen molar-refractivity contribution in [1.29, 1.82) is 0 Å². The lowest BCUT2D eigenvalue weighted by molar-refractivity contribution is -0.115. The van der Waals surface area contributed by atoms with Crippen molar-refractivity contribution in [3.63, 3.8) is 0 Å². The molecule has 1 amide bonds. The number of halogens is 2. The SMILES string of the molecule is O=C1NC(=Nc2ccc(Cl)cc2Cl)S/C1=C\C=C\c1ccco1. The summed E-state index contributed by atoms with van der Waals surface area (Å²) in [6.07, 6.45) is 6.81. The van der Waals surface area contributed by atoms with Gasteiger partial charge in [-0.2, -0.15) is 0 Å². The first kappa shape index (κ1) is 15.9. The van der Waals surface area contributed by atoms with E-state index in [2.05, 4.69) is 10.3 Å². The van der Waals surface area contributed by atoms with Crippen molar-refractivity contribution in [3.8, 4) is 0 Å². The van der Waals surface area contributed by atoms with Crippen LogP contribution in [0.5, 0.6) is 0 Å². The zero-order valence-corrected chi connectivity index (χ0v) is 14.0. The Labute approximate surface area is 146 Å². The third-order valence-corrected chi connectivity index (χ3v) is 4.30. The first-order valence-corrected chi connectivity index (χ1v) is 8.14. The Kier molecular flexibility index (Phi) is 4.91. The van der Waals surface area contributed by atoms with Crippen LogP contribution in [0.15, 0.2) is 63.1 Å². The summed E-state index contributed by atoms with van der Waals surface area (Å²) in [6, 6.07) is 8.61. The number of nitrogens with one attached hydrogen (secondary N) is 1. The highest BCUT2D eigenvalue weighted by Crippen LogP contribution is 2.31. The molecule has 23 heavy (non-hydrogen) atoms. The van der Waals surface area contributed by atoms with Crippen LogP contribution in [0, 0.1) is 0 Å². The Bertz CT molecular complexity index is 827. The van der Waals surface area contributed by atoms with Crippen molar-refractivity contribution in [3.05, 3.63) is 69.5 Å². The molecular weight excluding hydrogens is 355 g/mol. The summed E-state index contributed by atoms with van der Waals surface area (Å²) in [5.41, 5.74) is 0.547. The molecule has 1 aliphatic heterocycles. The molecule has 1 fully saturated rings. The zero-order valence-electron chi connectivity index (χ0n) is 11.6. The van der Waals surface area contributed by atoms with Crippen LogP contribution in [0.3, 0.4) is 0 Å². The normalized spacial score (nSPS) is 18.3. The van der Waals surface area contributed by atoms with E-state index in [0.29, 0.717) is 31.6 Å². The number of amidine groups is 1. The molecule has 0 saturated carbocycles. The number of allylic oxidation sites excluding steroid dienone is 2. The van der Waals surface area contributed by atoms with Gasteiger partial charge in [-0.15, -0.1) is 0 Å². The topological polar surface area (TPSA) is 54.6 Å². The van der Waals surface area contributed by atoms with Gasteiger partial charge in [-0.25, -0.2) is 4.99 Å². The fourth-order valence-electron chi connectivity index (χ4n) is 1.79. The number of hydrogen-bond acceptors (Lipinski definition) is 4. The first-order valence-electron chi connectivity index (χ1n) is 6.56. The van der Waals surface area contributed by atoms with E-state index in [-0.39, 0.29) is 5.91 Å². The van der Waals surface area contributed by atoms with Crippen molar-refractivity contribution in [1.82, 2.24) is 5.32 Å². The minimum Gasteiger partial charge on any atom is -0.465 e. The Morgan fingerprint density at radius 1 is 1.26 bits per heavy atom. The molecule has 1 aliphatic rings. The summed E-state index contributed by atoms with van der Waals surface area (Å²) >= 11 is 13.2. The van der Waals surface area contributed by atoms with Crippen molar-refractivity contribution < 1.29 is 9.21 Å². The van der Waals surface area contributed by atoms with Gasteiger partial charge in [0.05, 0.1) is 21.9 Å². The van der Waals surface area contributed by atoms with E-state index in [1.165, 1.54) is 11.8 Å². The highest BCUT2D eigenvalue weighted by molar-refractivity contribution is 8.18. The molecule has 3 rings (SSSR count). The number of furan rings is 1. The van der Waals surface area contributed by atoms with Gasteiger partial charge in [0.2, 0.25) is 0 Å². The van der Waals surface area contributed by atoms with Gasteiger partial charge in [-0.05, 0) is 54.2 Å². The van der Waals surface area contributed by atoms with Crippen LogP contribution < -0.4 is 5.32 Å². The van der Waals surface area contributed by atoms with Gasteiger partial charge in [-0.3, -0.25) is 4.79 Å². The van der Waals surface area contributed by atoms with Gasteiger partial charge in [0.25, 0.3) is 5.91 Å². The summed E-state index contributed by atoms with van der Waals surface area (Å²) < 4.78 is 5.18. The average Bonchev–Trinajstić information content (AvgIpc) is 3.13. The first-order chi connectivity index (χ1) is 11.1. The maximum Gasteiger partial charge on any atom is 0.264 e. The highest BCUT2D eigenvalue weighted by atomic mass is 35.5. The third-order valence-electron chi connectivity index (χ3n) is 2.83. The Hall–Kier alpha value is -1.95. The average molecular weight is 365 g/mol. The molecule has 2 heterocycles. The van der Waals surface area contributed by atoms with Crippen molar-refractivity contribution in [2.75, 3.05) is 0 Å². The Balaban J connectivity index is 1.75.